The van der Waals surface area contributed by atoms with Crippen LogP contribution in [0.15, 0.2) is 0 Å². The molecule has 0 saturated carbocycles. The Balaban J connectivity index is 2.55. The van der Waals surface area contributed by atoms with Gasteiger partial charge >= 0.3 is 30.2 Å². The van der Waals surface area contributed by atoms with E-state index in [-0.39, 0.29) is 13.0 Å². The zero-order chi connectivity index (χ0) is 26.4. The smallest absolute Gasteiger partial charge is 0.400 e. The van der Waals surface area contributed by atoms with Crippen LogP contribution >= 0.6 is 0 Å². The number of nitrogens with zero attached hydrogens (tertiary/aromatic N) is 1. The molecule has 1 aliphatic rings. The van der Waals surface area contributed by atoms with E-state index in [1.165, 1.54) is 0 Å². The molecule has 0 radical (unpaired) electrons. The van der Waals surface area contributed by atoms with Crippen molar-refractivity contribution in [1.29, 1.82) is 0 Å². The summed E-state index contributed by atoms with van der Waals surface area (Å²) in [4.78, 5) is 13.3. The van der Waals surface area contributed by atoms with Crippen LogP contribution in [0.1, 0.15) is 32.1 Å². The van der Waals surface area contributed by atoms with Crippen molar-refractivity contribution in [2.75, 3.05) is 39.5 Å². The normalized spacial score (nSPS) is 17.3. The summed E-state index contributed by atoms with van der Waals surface area (Å²) in [6.07, 6.45) is -22.0. The van der Waals surface area contributed by atoms with Gasteiger partial charge in [-0.3, -0.25) is 9.69 Å². The summed E-state index contributed by atoms with van der Waals surface area (Å²) in [7, 11) is 0. The lowest BCUT2D eigenvalue weighted by atomic mass is 9.94. The molecule has 0 aromatic rings. The van der Waals surface area contributed by atoms with Gasteiger partial charge in [0.1, 0.15) is 0 Å². The minimum atomic E-state index is -6.14. The molecule has 1 aliphatic heterocycles. The molecule has 16 heteroatoms. The second-order valence-electron chi connectivity index (χ2n) is 7.78. The van der Waals surface area contributed by atoms with Crippen molar-refractivity contribution in [3.63, 3.8) is 0 Å². The van der Waals surface area contributed by atoms with Gasteiger partial charge in [-0.1, -0.05) is 0 Å². The third-order valence-electron chi connectivity index (χ3n) is 5.05. The van der Waals surface area contributed by atoms with Crippen molar-refractivity contribution in [1.82, 2.24) is 4.90 Å². The molecule has 0 spiro atoms. The molecule has 1 heterocycles. The molecule has 0 N–H and O–H groups in total. The Morgan fingerprint density at radius 3 is 1.79 bits per heavy atom. The Labute approximate surface area is 186 Å². The maximum absolute atomic E-state index is 13.8. The number of hydrogen-bond acceptors (Lipinski definition) is 4. The summed E-state index contributed by atoms with van der Waals surface area (Å²) in [5.41, 5.74) is 0. The quantitative estimate of drug-likeness (QED) is 0.249. The van der Waals surface area contributed by atoms with Crippen molar-refractivity contribution in [3.8, 4) is 0 Å². The van der Waals surface area contributed by atoms with E-state index in [4.69, 9.17) is 4.74 Å². The third-order valence-corrected chi connectivity index (χ3v) is 5.05. The molecule has 4 nitrogen and oxygen atoms in total. The molecule has 0 bridgehead atoms. The van der Waals surface area contributed by atoms with Crippen LogP contribution in [0, 0.1) is 5.92 Å². The van der Waals surface area contributed by atoms with E-state index in [2.05, 4.69) is 4.74 Å². The first-order valence-corrected chi connectivity index (χ1v) is 9.99. The summed E-state index contributed by atoms with van der Waals surface area (Å²) < 4.78 is 166. The Morgan fingerprint density at radius 1 is 0.794 bits per heavy atom. The molecule has 0 aromatic heterocycles. The first-order chi connectivity index (χ1) is 15.3. The van der Waals surface area contributed by atoms with E-state index in [0.29, 0.717) is 26.3 Å². The molecular weight excluding hydrogens is 506 g/mol. The highest BCUT2D eigenvalue weighted by molar-refractivity contribution is 5.69. The summed E-state index contributed by atoms with van der Waals surface area (Å²) in [6.45, 7) is 0.848. The number of morpholine rings is 1. The second kappa shape index (κ2) is 11.5. The number of carbonyl (C=O) groups is 1. The molecule has 34 heavy (non-hydrogen) atoms. The van der Waals surface area contributed by atoms with Gasteiger partial charge in [0.05, 0.1) is 32.7 Å². The van der Waals surface area contributed by atoms with Gasteiger partial charge in [0.15, 0.2) is 5.92 Å². The van der Waals surface area contributed by atoms with E-state index in [1.54, 1.807) is 4.90 Å². The molecule has 1 rings (SSSR count). The fourth-order valence-corrected chi connectivity index (χ4v) is 2.96. The summed E-state index contributed by atoms with van der Waals surface area (Å²) >= 11 is 0. The van der Waals surface area contributed by atoms with Crippen molar-refractivity contribution >= 4 is 5.97 Å². The van der Waals surface area contributed by atoms with Crippen molar-refractivity contribution in [2.24, 2.45) is 5.92 Å². The maximum atomic E-state index is 13.8. The Kier molecular flexibility index (Phi) is 10.4. The fourth-order valence-electron chi connectivity index (χ4n) is 2.96. The minimum absolute atomic E-state index is 0.195. The van der Waals surface area contributed by atoms with E-state index in [0.717, 1.165) is 0 Å². The predicted molar refractivity (Wildman–Crippen MR) is 91.7 cm³/mol. The van der Waals surface area contributed by atoms with Gasteiger partial charge in [-0.2, -0.15) is 43.9 Å². The number of ether oxygens (including phenoxy) is 2. The van der Waals surface area contributed by atoms with Gasteiger partial charge < -0.3 is 9.47 Å². The average molecular weight is 529 g/mol. The van der Waals surface area contributed by atoms with Crippen LogP contribution < -0.4 is 0 Å². The zero-order valence-corrected chi connectivity index (χ0v) is 17.6. The van der Waals surface area contributed by atoms with E-state index >= 15 is 0 Å². The monoisotopic (exact) mass is 529 g/mol. The molecule has 1 saturated heterocycles. The van der Waals surface area contributed by atoms with Crippen LogP contribution in [0.25, 0.3) is 0 Å². The van der Waals surface area contributed by atoms with Gasteiger partial charge in [0.2, 0.25) is 5.92 Å². The second-order valence-corrected chi connectivity index (χ2v) is 7.78. The highest BCUT2D eigenvalue weighted by Crippen LogP contribution is 2.48. The third kappa shape index (κ3) is 10.0. The van der Waals surface area contributed by atoms with Crippen LogP contribution in [-0.4, -0.2) is 80.4 Å². The number of esters is 1. The van der Waals surface area contributed by atoms with Crippen LogP contribution in [-0.2, 0) is 14.3 Å². The van der Waals surface area contributed by atoms with Crippen LogP contribution in [0.4, 0.5) is 52.7 Å². The lowest BCUT2D eigenvalue weighted by Gasteiger charge is -2.30. The Hall–Kier alpha value is -1.45. The van der Waals surface area contributed by atoms with Crippen molar-refractivity contribution < 1.29 is 67.0 Å². The van der Waals surface area contributed by atoms with Crippen LogP contribution in [0.2, 0.25) is 0 Å². The molecule has 0 aromatic carbocycles. The Bertz CT molecular complexity index is 631. The molecule has 1 fully saturated rings. The van der Waals surface area contributed by atoms with E-state index in [9.17, 15) is 57.5 Å². The summed E-state index contributed by atoms with van der Waals surface area (Å²) in [5.74, 6) is -20.7. The summed E-state index contributed by atoms with van der Waals surface area (Å²) in [6, 6.07) is 0. The largest absolute Gasteiger partial charge is 0.465 e. The number of alkyl halides is 12. The van der Waals surface area contributed by atoms with Gasteiger partial charge in [0, 0.05) is 38.9 Å². The molecule has 0 atom stereocenters. The molecule has 0 unspecified atom stereocenters. The fraction of sp³-hybridized carbons (Fsp3) is 0.944. The highest BCUT2D eigenvalue weighted by atomic mass is 19.4. The predicted octanol–water partition coefficient (Wildman–Crippen LogP) is 5.46. The molecular formula is C18H23F12NO3. The number of hydrogen-bond donors (Lipinski definition) is 0. The highest BCUT2D eigenvalue weighted by Gasteiger charge is 2.61. The number of carbonyl (C=O) groups excluding carboxylic acids is 1. The zero-order valence-electron chi connectivity index (χ0n) is 17.6. The van der Waals surface area contributed by atoms with Gasteiger partial charge in [0.25, 0.3) is 0 Å². The van der Waals surface area contributed by atoms with Crippen molar-refractivity contribution in [2.45, 2.75) is 62.2 Å². The van der Waals surface area contributed by atoms with E-state index in [1.807, 2.05) is 0 Å². The molecule has 0 aliphatic carbocycles. The summed E-state index contributed by atoms with van der Waals surface area (Å²) in [5, 5.41) is 0. The van der Waals surface area contributed by atoms with Crippen molar-refractivity contribution in [3.05, 3.63) is 0 Å². The minimum Gasteiger partial charge on any atom is -0.465 e. The Morgan fingerprint density at radius 2 is 1.29 bits per heavy atom. The van der Waals surface area contributed by atoms with Crippen LogP contribution in [0.5, 0.6) is 0 Å². The van der Waals surface area contributed by atoms with Gasteiger partial charge in [-0.15, -0.1) is 0 Å². The molecule has 0 amide bonds. The first kappa shape index (κ1) is 30.6. The lowest BCUT2D eigenvalue weighted by Crippen LogP contribution is -2.44. The SMILES string of the molecule is O=C(CCN1CCOCC1)OCCC(F)(F)C(F)(F)CCC(F)(F)CC(C(F)(F)F)C(F)(F)F. The number of halogens is 12. The standard InChI is InChI=1S/C18H23F12NO3/c19-14(20,11-12(17(25,26)27)18(28,29)30)2-3-15(21,22)16(23,24)4-8-34-13(32)1-5-31-6-9-33-10-7-31/h12H,1-11H2. The first-order valence-electron chi connectivity index (χ1n) is 9.99. The van der Waals surface area contributed by atoms with Gasteiger partial charge in [-0.05, 0) is 0 Å². The van der Waals surface area contributed by atoms with E-state index < -0.39 is 74.3 Å². The van der Waals surface area contributed by atoms with Gasteiger partial charge in [-0.25, -0.2) is 8.78 Å². The van der Waals surface area contributed by atoms with Crippen LogP contribution in [0.3, 0.4) is 0 Å². The maximum Gasteiger partial charge on any atom is 0.400 e. The number of rotatable bonds is 12. The molecule has 202 valence electrons. The topological polar surface area (TPSA) is 38.8 Å². The average Bonchev–Trinajstić information content (AvgIpc) is 2.68. The lowest BCUT2D eigenvalue weighted by molar-refractivity contribution is -0.299.